The average molecular weight is 119 g/mol. The van der Waals surface area contributed by atoms with E-state index in [0.717, 1.165) is 12.0 Å². The molecule has 0 N–H and O–H groups in total. The molecule has 0 aromatic carbocycles. The molecule has 41 valence electrons. The molecule has 0 fully saturated rings. The van der Waals surface area contributed by atoms with E-state index in [2.05, 4.69) is 6.58 Å². The maximum atomic E-state index is 10.1. The predicted molar refractivity (Wildman–Crippen MR) is 29.3 cm³/mol. The van der Waals surface area contributed by atoms with Crippen LogP contribution in [0.2, 0.25) is 0 Å². The van der Waals surface area contributed by atoms with Gasteiger partial charge in [0.05, 0.1) is 5.75 Å². The van der Waals surface area contributed by atoms with Crippen molar-refractivity contribution in [3.8, 4) is 0 Å². The Hall–Kier alpha value is -0.310. The van der Waals surface area contributed by atoms with Gasteiger partial charge in [0.1, 0.15) is 0 Å². The summed E-state index contributed by atoms with van der Waals surface area (Å²) in [5.41, 5.74) is 0. The first-order valence-corrected chi connectivity index (χ1v) is 3.67. The zero-order chi connectivity index (χ0) is 5.91. The quantitative estimate of drug-likeness (QED) is 0.526. The predicted octanol–water partition coefficient (Wildman–Crippen LogP) is 0.379. The van der Waals surface area contributed by atoms with E-state index in [4.69, 9.17) is 0 Å². The minimum Gasteiger partial charge on any atom is -0.228 e. The fourth-order valence-corrected chi connectivity index (χ4v) is 0.524. The molecule has 0 aromatic heterocycles. The molecule has 0 atom stereocenters. The summed E-state index contributed by atoms with van der Waals surface area (Å²) in [6.45, 7) is 3.21. The first-order valence-electron chi connectivity index (χ1n) is 1.72. The van der Waals surface area contributed by atoms with Crippen LogP contribution in [0.1, 0.15) is 0 Å². The van der Waals surface area contributed by atoms with E-state index in [1.807, 2.05) is 0 Å². The molecule has 0 aliphatic carbocycles. The van der Waals surface area contributed by atoms with Crippen LogP contribution in [0.4, 0.5) is 0 Å². The van der Waals surface area contributed by atoms with E-state index in [1.165, 1.54) is 6.08 Å². The van der Waals surface area contributed by atoms with E-state index in [1.54, 1.807) is 0 Å². The normalized spacial score (nSPS) is 11.0. The fraction of sp³-hybridized carbons (Fsp3) is 0.250. The summed E-state index contributed by atoms with van der Waals surface area (Å²) >= 11 is 0. The lowest BCUT2D eigenvalue weighted by atomic mass is 10.8. The van der Waals surface area contributed by atoms with Crippen LogP contribution in [0.15, 0.2) is 12.7 Å². The molecule has 0 heterocycles. The SMILES string of the molecule is C=C[CH]S(C)(=O)=O. The van der Waals surface area contributed by atoms with Gasteiger partial charge < -0.3 is 0 Å². The summed E-state index contributed by atoms with van der Waals surface area (Å²) in [6, 6.07) is 0. The Morgan fingerprint density at radius 2 is 2.00 bits per heavy atom. The fourth-order valence-electron chi connectivity index (χ4n) is 0.175. The summed E-state index contributed by atoms with van der Waals surface area (Å²) in [5, 5.41) is 0. The maximum absolute atomic E-state index is 10.1. The molecular weight excluding hydrogens is 112 g/mol. The summed E-state index contributed by atoms with van der Waals surface area (Å²) in [4.78, 5) is 0. The Bertz CT molecular complexity index is 143. The van der Waals surface area contributed by atoms with Crippen molar-refractivity contribution < 1.29 is 8.42 Å². The van der Waals surface area contributed by atoms with Gasteiger partial charge in [0.25, 0.3) is 0 Å². The van der Waals surface area contributed by atoms with E-state index in [0.29, 0.717) is 0 Å². The highest BCUT2D eigenvalue weighted by Crippen LogP contribution is 1.87. The largest absolute Gasteiger partial charge is 0.228 e. The van der Waals surface area contributed by atoms with Crippen molar-refractivity contribution in [2.24, 2.45) is 0 Å². The van der Waals surface area contributed by atoms with Crippen molar-refractivity contribution in [2.45, 2.75) is 0 Å². The lowest BCUT2D eigenvalue weighted by Gasteiger charge is -1.82. The lowest BCUT2D eigenvalue weighted by Crippen LogP contribution is -1.91. The van der Waals surface area contributed by atoms with Gasteiger partial charge >= 0.3 is 0 Å². The van der Waals surface area contributed by atoms with Gasteiger partial charge in [-0.25, -0.2) is 8.42 Å². The summed E-state index contributed by atoms with van der Waals surface area (Å²) in [5.74, 6) is 1.05. The van der Waals surface area contributed by atoms with Crippen molar-refractivity contribution in [1.82, 2.24) is 0 Å². The number of hydrogen-bond donors (Lipinski definition) is 0. The van der Waals surface area contributed by atoms with Gasteiger partial charge in [-0.05, 0) is 0 Å². The highest BCUT2D eigenvalue weighted by molar-refractivity contribution is 7.92. The number of hydrogen-bond acceptors (Lipinski definition) is 2. The molecule has 0 unspecified atom stereocenters. The van der Waals surface area contributed by atoms with Crippen LogP contribution in [0.25, 0.3) is 0 Å². The Morgan fingerprint density at radius 1 is 1.57 bits per heavy atom. The van der Waals surface area contributed by atoms with Gasteiger partial charge in [0.15, 0.2) is 9.84 Å². The maximum Gasteiger partial charge on any atom is 0.155 e. The second kappa shape index (κ2) is 2.12. The van der Waals surface area contributed by atoms with Crippen LogP contribution in [0.5, 0.6) is 0 Å². The lowest BCUT2D eigenvalue weighted by molar-refractivity contribution is 0.608. The highest BCUT2D eigenvalue weighted by Gasteiger charge is 1.94. The Morgan fingerprint density at radius 3 is 2.00 bits per heavy atom. The van der Waals surface area contributed by atoms with Crippen LogP contribution in [-0.2, 0) is 9.84 Å². The van der Waals surface area contributed by atoms with Crippen LogP contribution < -0.4 is 0 Å². The number of sulfone groups is 1. The molecule has 0 aliphatic rings. The summed E-state index contributed by atoms with van der Waals surface area (Å²) < 4.78 is 20.2. The molecule has 0 saturated carbocycles. The first kappa shape index (κ1) is 6.69. The first-order chi connectivity index (χ1) is 3.06. The molecule has 0 amide bonds. The van der Waals surface area contributed by atoms with E-state index < -0.39 is 9.84 Å². The van der Waals surface area contributed by atoms with Crippen molar-refractivity contribution in [2.75, 3.05) is 6.26 Å². The van der Waals surface area contributed by atoms with Gasteiger partial charge in [0, 0.05) is 6.26 Å². The van der Waals surface area contributed by atoms with Gasteiger partial charge in [-0.3, -0.25) is 0 Å². The van der Waals surface area contributed by atoms with Crippen molar-refractivity contribution in [3.63, 3.8) is 0 Å². The number of rotatable bonds is 2. The van der Waals surface area contributed by atoms with Crippen LogP contribution in [0.3, 0.4) is 0 Å². The molecule has 2 nitrogen and oxygen atoms in total. The molecule has 0 aliphatic heterocycles. The van der Waals surface area contributed by atoms with Crippen LogP contribution in [-0.4, -0.2) is 14.7 Å². The third-order valence-corrected chi connectivity index (χ3v) is 1.03. The Kier molecular flexibility index (Phi) is 2.02. The molecule has 0 spiro atoms. The van der Waals surface area contributed by atoms with Gasteiger partial charge in [-0.15, -0.1) is 6.58 Å². The van der Waals surface area contributed by atoms with Crippen LogP contribution in [0, 0.1) is 5.75 Å². The average Bonchev–Trinajstić information content (AvgIpc) is 1.30. The molecule has 0 saturated heterocycles. The van der Waals surface area contributed by atoms with Crippen molar-refractivity contribution in [3.05, 3.63) is 18.4 Å². The second-order valence-electron chi connectivity index (χ2n) is 1.20. The summed E-state index contributed by atoms with van der Waals surface area (Å²) in [6.07, 6.45) is 2.37. The monoisotopic (exact) mass is 119 g/mol. The minimum absolute atomic E-state index is 1.05. The molecule has 0 rings (SSSR count). The topological polar surface area (TPSA) is 34.1 Å². The van der Waals surface area contributed by atoms with E-state index >= 15 is 0 Å². The third kappa shape index (κ3) is 5.69. The van der Waals surface area contributed by atoms with Gasteiger partial charge in [-0.1, -0.05) is 6.08 Å². The zero-order valence-corrected chi connectivity index (χ0v) is 4.90. The van der Waals surface area contributed by atoms with E-state index in [9.17, 15) is 8.42 Å². The highest BCUT2D eigenvalue weighted by atomic mass is 32.2. The molecule has 1 radical (unpaired) electrons. The third-order valence-electron chi connectivity index (χ3n) is 0.343. The molecule has 3 heteroatoms. The molecule has 7 heavy (non-hydrogen) atoms. The Balaban J connectivity index is 3.84. The summed E-state index contributed by atoms with van der Waals surface area (Å²) in [7, 11) is -2.92. The van der Waals surface area contributed by atoms with Gasteiger partial charge in [-0.2, -0.15) is 0 Å². The van der Waals surface area contributed by atoms with Gasteiger partial charge in [0.2, 0.25) is 0 Å². The van der Waals surface area contributed by atoms with E-state index in [-0.39, 0.29) is 0 Å². The molecular formula is C4H7O2S. The van der Waals surface area contributed by atoms with Crippen LogP contribution >= 0.6 is 0 Å². The zero-order valence-electron chi connectivity index (χ0n) is 4.09. The minimum atomic E-state index is -2.92. The van der Waals surface area contributed by atoms with Crippen molar-refractivity contribution in [1.29, 1.82) is 0 Å². The second-order valence-corrected chi connectivity index (χ2v) is 3.13. The standard InChI is InChI=1S/C4H7O2S/c1-3-4-7(2,5)6/h3-4H,1H2,2H3. The molecule has 0 bridgehead atoms. The van der Waals surface area contributed by atoms with Crippen molar-refractivity contribution >= 4 is 9.84 Å². The molecule has 0 aromatic rings. The smallest absolute Gasteiger partial charge is 0.155 e. The Labute approximate surface area is 43.8 Å².